The number of carbonyl (C=O) groups is 2. The molecular formula is C22H23FN2O3. The van der Waals surface area contributed by atoms with Crippen molar-refractivity contribution in [2.24, 2.45) is 0 Å². The Morgan fingerprint density at radius 2 is 2.14 bits per heavy atom. The maximum Gasteiger partial charge on any atom is 0.258 e. The predicted octanol–water partition coefficient (Wildman–Crippen LogP) is 3.00. The van der Waals surface area contributed by atoms with Crippen LogP contribution >= 0.6 is 0 Å². The molecule has 0 bridgehead atoms. The lowest BCUT2D eigenvalue weighted by Gasteiger charge is -2.37. The molecule has 0 saturated heterocycles. The summed E-state index contributed by atoms with van der Waals surface area (Å²) in [5.41, 5.74) is 2.67. The zero-order valence-electron chi connectivity index (χ0n) is 15.8. The third-order valence-corrected chi connectivity index (χ3v) is 4.73. The van der Waals surface area contributed by atoms with Crippen LogP contribution in [-0.4, -0.2) is 36.4 Å². The quantitative estimate of drug-likeness (QED) is 0.782. The Labute approximate surface area is 163 Å². The highest BCUT2D eigenvalue weighted by atomic mass is 19.1. The van der Waals surface area contributed by atoms with Gasteiger partial charge in [0, 0.05) is 20.0 Å². The first-order valence-corrected chi connectivity index (χ1v) is 9.15. The van der Waals surface area contributed by atoms with Gasteiger partial charge in [0.1, 0.15) is 11.6 Å². The van der Waals surface area contributed by atoms with Gasteiger partial charge in [-0.3, -0.25) is 9.59 Å². The number of fused-ring (bicyclic) bond motifs is 1. The standard InChI is InChI=1S/C22H23FN2O3/c1-3-10-24-21(27)14-28-19-8-7-16-9-11-25(15(2)26)22(20(16)13-19)17-5-4-6-18(23)12-17/h3-8,12-13,22H,1,9-11,14H2,2H3,(H,24,27)/t22-/m1/s1. The van der Waals surface area contributed by atoms with Gasteiger partial charge in [-0.05, 0) is 47.4 Å². The van der Waals surface area contributed by atoms with E-state index in [1.807, 2.05) is 24.3 Å². The fraction of sp³-hybridized carbons (Fsp3) is 0.273. The van der Waals surface area contributed by atoms with Gasteiger partial charge in [-0.25, -0.2) is 4.39 Å². The Morgan fingerprint density at radius 3 is 2.86 bits per heavy atom. The van der Waals surface area contributed by atoms with Gasteiger partial charge in [-0.15, -0.1) is 6.58 Å². The first-order chi connectivity index (χ1) is 13.5. The first kappa shape index (κ1) is 19.6. The number of hydrogen-bond acceptors (Lipinski definition) is 3. The highest BCUT2D eigenvalue weighted by Gasteiger charge is 2.31. The average molecular weight is 382 g/mol. The minimum Gasteiger partial charge on any atom is -0.484 e. The molecule has 28 heavy (non-hydrogen) atoms. The van der Waals surface area contributed by atoms with Gasteiger partial charge in [0.2, 0.25) is 5.91 Å². The van der Waals surface area contributed by atoms with Crippen molar-refractivity contribution in [3.05, 3.63) is 77.6 Å². The van der Waals surface area contributed by atoms with Crippen molar-refractivity contribution in [2.75, 3.05) is 19.7 Å². The molecule has 3 rings (SSSR count). The number of amides is 2. The molecule has 1 aliphatic heterocycles. The van der Waals surface area contributed by atoms with Crippen molar-refractivity contribution in [2.45, 2.75) is 19.4 Å². The van der Waals surface area contributed by atoms with E-state index in [1.165, 1.54) is 19.1 Å². The van der Waals surface area contributed by atoms with Gasteiger partial charge >= 0.3 is 0 Å². The Bertz CT molecular complexity index is 897. The second kappa shape index (κ2) is 8.69. The summed E-state index contributed by atoms with van der Waals surface area (Å²) >= 11 is 0. The molecule has 1 N–H and O–H groups in total. The highest BCUT2D eigenvalue weighted by Crippen LogP contribution is 2.37. The van der Waals surface area contributed by atoms with Crippen LogP contribution in [0.2, 0.25) is 0 Å². The minimum absolute atomic E-state index is 0.0740. The lowest BCUT2D eigenvalue weighted by molar-refractivity contribution is -0.130. The van der Waals surface area contributed by atoms with Crippen molar-refractivity contribution < 1.29 is 18.7 Å². The van der Waals surface area contributed by atoms with Gasteiger partial charge in [0.15, 0.2) is 6.61 Å². The van der Waals surface area contributed by atoms with Gasteiger partial charge in [-0.1, -0.05) is 24.3 Å². The molecule has 0 aromatic heterocycles. The summed E-state index contributed by atoms with van der Waals surface area (Å²) < 4.78 is 19.4. The van der Waals surface area contributed by atoms with Crippen LogP contribution in [0.15, 0.2) is 55.1 Å². The molecule has 1 heterocycles. The summed E-state index contributed by atoms with van der Waals surface area (Å²) in [6.07, 6.45) is 2.30. The largest absolute Gasteiger partial charge is 0.484 e. The highest BCUT2D eigenvalue weighted by molar-refractivity contribution is 5.77. The second-order valence-corrected chi connectivity index (χ2v) is 6.66. The average Bonchev–Trinajstić information content (AvgIpc) is 2.69. The summed E-state index contributed by atoms with van der Waals surface area (Å²) in [5, 5.41) is 2.65. The second-order valence-electron chi connectivity index (χ2n) is 6.66. The SMILES string of the molecule is C=CCNC(=O)COc1ccc2c(c1)[C@@H](c1cccc(F)c1)N(C(C)=O)CC2. The van der Waals surface area contributed by atoms with Crippen molar-refractivity contribution in [3.8, 4) is 5.75 Å². The number of hydrogen-bond donors (Lipinski definition) is 1. The van der Waals surface area contributed by atoms with E-state index >= 15 is 0 Å². The fourth-order valence-electron chi connectivity index (χ4n) is 3.44. The van der Waals surface area contributed by atoms with Crippen LogP contribution in [0, 0.1) is 5.82 Å². The van der Waals surface area contributed by atoms with Crippen LogP contribution in [-0.2, 0) is 16.0 Å². The number of rotatable bonds is 6. The van der Waals surface area contributed by atoms with Crippen LogP contribution < -0.4 is 10.1 Å². The lowest BCUT2D eigenvalue weighted by Crippen LogP contribution is -2.39. The molecular weight excluding hydrogens is 359 g/mol. The van der Waals surface area contributed by atoms with Crippen LogP contribution in [0.3, 0.4) is 0 Å². The van der Waals surface area contributed by atoms with Crippen molar-refractivity contribution >= 4 is 11.8 Å². The van der Waals surface area contributed by atoms with Crippen molar-refractivity contribution in [1.29, 1.82) is 0 Å². The summed E-state index contributed by atoms with van der Waals surface area (Å²) in [7, 11) is 0. The summed E-state index contributed by atoms with van der Waals surface area (Å²) in [6, 6.07) is 11.5. The Hall–Kier alpha value is -3.15. The molecule has 0 fully saturated rings. The van der Waals surface area contributed by atoms with Gasteiger partial charge in [0.25, 0.3) is 5.91 Å². The van der Waals surface area contributed by atoms with Crippen LogP contribution in [0.25, 0.3) is 0 Å². The molecule has 146 valence electrons. The molecule has 0 saturated carbocycles. The molecule has 2 amide bonds. The molecule has 0 radical (unpaired) electrons. The first-order valence-electron chi connectivity index (χ1n) is 9.15. The van der Waals surface area contributed by atoms with Gasteiger partial charge in [-0.2, -0.15) is 0 Å². The van der Waals surface area contributed by atoms with Crippen molar-refractivity contribution in [3.63, 3.8) is 0 Å². The van der Waals surface area contributed by atoms with Gasteiger partial charge in [0.05, 0.1) is 6.04 Å². The van der Waals surface area contributed by atoms with E-state index in [1.54, 1.807) is 17.0 Å². The van der Waals surface area contributed by atoms with E-state index in [9.17, 15) is 14.0 Å². The lowest BCUT2D eigenvalue weighted by atomic mass is 9.88. The number of nitrogens with one attached hydrogen (secondary N) is 1. The van der Waals surface area contributed by atoms with Crippen LogP contribution in [0.1, 0.15) is 29.7 Å². The Balaban J connectivity index is 1.91. The van der Waals surface area contributed by atoms with Crippen LogP contribution in [0.5, 0.6) is 5.75 Å². The number of carbonyl (C=O) groups excluding carboxylic acids is 2. The Kier molecular flexibility index (Phi) is 6.09. The molecule has 0 spiro atoms. The van der Waals surface area contributed by atoms with Crippen LogP contribution in [0.4, 0.5) is 4.39 Å². The third kappa shape index (κ3) is 4.39. The smallest absolute Gasteiger partial charge is 0.258 e. The Morgan fingerprint density at radius 1 is 1.32 bits per heavy atom. The third-order valence-electron chi connectivity index (χ3n) is 4.73. The molecule has 6 heteroatoms. The summed E-state index contributed by atoms with van der Waals surface area (Å²) in [6.45, 7) is 5.89. The molecule has 1 atom stereocenters. The zero-order chi connectivity index (χ0) is 20.1. The van der Waals surface area contributed by atoms with E-state index in [4.69, 9.17) is 4.74 Å². The van der Waals surface area contributed by atoms with E-state index in [2.05, 4.69) is 11.9 Å². The normalized spacial score (nSPS) is 15.5. The van der Waals surface area contributed by atoms with Gasteiger partial charge < -0.3 is 15.0 Å². The van der Waals surface area contributed by atoms with E-state index in [0.717, 1.165) is 11.1 Å². The monoisotopic (exact) mass is 382 g/mol. The van der Waals surface area contributed by atoms with E-state index in [-0.39, 0.29) is 24.2 Å². The summed E-state index contributed by atoms with van der Waals surface area (Å²) in [5.74, 6) is -0.140. The van der Waals surface area contributed by atoms with E-state index < -0.39 is 6.04 Å². The zero-order valence-corrected chi connectivity index (χ0v) is 15.8. The molecule has 1 aliphatic rings. The van der Waals surface area contributed by atoms with Crippen molar-refractivity contribution in [1.82, 2.24) is 10.2 Å². The maximum absolute atomic E-state index is 13.8. The molecule has 0 aliphatic carbocycles. The number of nitrogens with zero attached hydrogens (tertiary/aromatic N) is 1. The number of benzene rings is 2. The van der Waals surface area contributed by atoms with E-state index in [0.29, 0.717) is 30.8 Å². The molecule has 2 aromatic rings. The number of ether oxygens (including phenoxy) is 1. The molecule has 5 nitrogen and oxygen atoms in total. The summed E-state index contributed by atoms with van der Waals surface area (Å²) in [4.78, 5) is 25.7. The molecule has 2 aromatic carbocycles. The fourth-order valence-corrected chi connectivity index (χ4v) is 3.44. The maximum atomic E-state index is 13.8. The predicted molar refractivity (Wildman–Crippen MR) is 104 cm³/mol. The minimum atomic E-state index is -0.393. The molecule has 0 unspecified atom stereocenters. The topological polar surface area (TPSA) is 58.6 Å². The number of halogens is 1.